The van der Waals surface area contributed by atoms with E-state index in [-0.39, 0.29) is 24.0 Å². The minimum Gasteiger partial charge on any atom is -0.394 e. The van der Waals surface area contributed by atoms with E-state index < -0.39 is 37.3 Å². The van der Waals surface area contributed by atoms with Crippen LogP contribution in [0.2, 0.25) is 0 Å². The van der Waals surface area contributed by atoms with Gasteiger partial charge in [-0.3, -0.25) is 0 Å². The van der Waals surface area contributed by atoms with Crippen molar-refractivity contribution >= 4 is 24.0 Å². The number of rotatable bonds is 1. The van der Waals surface area contributed by atoms with Crippen LogP contribution in [0, 0.1) is 0 Å². The molecular formula is C6H14INO5. The lowest BCUT2D eigenvalue weighted by molar-refractivity contribution is -0.248. The molecule has 6 N–H and O–H groups in total. The molecule has 1 saturated heterocycles. The summed E-state index contributed by atoms with van der Waals surface area (Å²) >= 11 is 0. The number of hydrogen-bond donors (Lipinski definition) is 5. The standard InChI is InChI=1S/C6H13NO5.HI/c7-3-5(10)4(9)2(1-8)12-6(3)11;/h2-6,8-11H,1,7H2;1H. The maximum absolute atomic E-state index is 9.20. The molecule has 0 saturated carbocycles. The van der Waals surface area contributed by atoms with Gasteiger partial charge in [0.2, 0.25) is 0 Å². The highest BCUT2D eigenvalue weighted by atomic mass is 127. The maximum atomic E-state index is 9.20. The Kier molecular flexibility index (Phi) is 5.59. The van der Waals surface area contributed by atoms with Crippen LogP contribution in [0.4, 0.5) is 0 Å². The summed E-state index contributed by atoms with van der Waals surface area (Å²) in [6.45, 7) is -0.470. The minimum atomic E-state index is -1.35. The number of hydrogen-bond acceptors (Lipinski definition) is 6. The third-order valence-corrected chi connectivity index (χ3v) is 1.95. The molecule has 0 spiro atoms. The quantitative estimate of drug-likeness (QED) is 0.338. The van der Waals surface area contributed by atoms with Crippen molar-refractivity contribution in [2.45, 2.75) is 30.6 Å². The van der Waals surface area contributed by atoms with Gasteiger partial charge in [-0.15, -0.1) is 24.0 Å². The predicted molar refractivity (Wildman–Crippen MR) is 53.4 cm³/mol. The van der Waals surface area contributed by atoms with Gasteiger partial charge < -0.3 is 30.9 Å². The Hall–Kier alpha value is 0.490. The third-order valence-electron chi connectivity index (χ3n) is 1.95. The van der Waals surface area contributed by atoms with E-state index in [2.05, 4.69) is 0 Å². The van der Waals surface area contributed by atoms with Crippen LogP contribution in [0.1, 0.15) is 0 Å². The van der Waals surface area contributed by atoms with Gasteiger partial charge in [0.15, 0.2) is 6.29 Å². The smallest absolute Gasteiger partial charge is 0.173 e. The van der Waals surface area contributed by atoms with Crippen LogP contribution >= 0.6 is 24.0 Å². The van der Waals surface area contributed by atoms with Crippen LogP contribution in [0.5, 0.6) is 0 Å². The van der Waals surface area contributed by atoms with Crippen LogP contribution in [0.15, 0.2) is 0 Å². The third kappa shape index (κ3) is 2.72. The van der Waals surface area contributed by atoms with Gasteiger partial charge in [0.1, 0.15) is 18.3 Å². The molecule has 0 aromatic heterocycles. The first-order valence-corrected chi connectivity index (χ1v) is 3.64. The van der Waals surface area contributed by atoms with E-state index in [9.17, 15) is 10.2 Å². The Morgan fingerprint density at radius 3 is 2.15 bits per heavy atom. The number of aliphatic hydroxyl groups is 4. The summed E-state index contributed by atoms with van der Waals surface area (Å²) in [6.07, 6.45) is -4.85. The van der Waals surface area contributed by atoms with Gasteiger partial charge in [0.05, 0.1) is 12.6 Å². The van der Waals surface area contributed by atoms with Gasteiger partial charge in [0, 0.05) is 0 Å². The Balaban J connectivity index is 0.00000144. The Morgan fingerprint density at radius 2 is 1.69 bits per heavy atom. The van der Waals surface area contributed by atoms with Crippen molar-refractivity contribution in [2.24, 2.45) is 5.73 Å². The maximum Gasteiger partial charge on any atom is 0.173 e. The molecule has 13 heavy (non-hydrogen) atoms. The first kappa shape index (κ1) is 13.5. The molecule has 1 aliphatic heterocycles. The first-order valence-electron chi connectivity index (χ1n) is 3.64. The van der Waals surface area contributed by atoms with E-state index in [1.54, 1.807) is 0 Å². The second-order valence-electron chi connectivity index (χ2n) is 2.81. The molecule has 7 heteroatoms. The molecule has 5 unspecified atom stereocenters. The van der Waals surface area contributed by atoms with Gasteiger partial charge in [-0.05, 0) is 0 Å². The molecule has 0 amide bonds. The first-order chi connectivity index (χ1) is 5.57. The van der Waals surface area contributed by atoms with E-state index in [1.807, 2.05) is 0 Å². The molecule has 1 rings (SSSR count). The summed E-state index contributed by atoms with van der Waals surface area (Å²) in [5.74, 6) is 0. The average molecular weight is 307 g/mol. The fourth-order valence-electron chi connectivity index (χ4n) is 1.12. The van der Waals surface area contributed by atoms with Crippen LogP contribution < -0.4 is 5.73 Å². The molecule has 5 atom stereocenters. The van der Waals surface area contributed by atoms with Crippen molar-refractivity contribution in [3.8, 4) is 0 Å². The highest BCUT2D eigenvalue weighted by molar-refractivity contribution is 14.0. The van der Waals surface area contributed by atoms with Crippen molar-refractivity contribution in [3.63, 3.8) is 0 Å². The molecule has 0 aromatic rings. The molecule has 0 bridgehead atoms. The second-order valence-corrected chi connectivity index (χ2v) is 2.81. The summed E-state index contributed by atoms with van der Waals surface area (Å²) in [6, 6.07) is -1.04. The molecule has 1 fully saturated rings. The average Bonchev–Trinajstić information content (AvgIpc) is 2.08. The summed E-state index contributed by atoms with van der Waals surface area (Å²) < 4.78 is 4.70. The molecule has 80 valence electrons. The molecule has 0 radical (unpaired) electrons. The zero-order valence-electron chi connectivity index (χ0n) is 6.78. The van der Waals surface area contributed by atoms with E-state index in [0.29, 0.717) is 0 Å². The molecule has 1 aliphatic rings. The number of ether oxygens (including phenoxy) is 1. The molecule has 1 heterocycles. The van der Waals surface area contributed by atoms with Crippen LogP contribution in [0.3, 0.4) is 0 Å². The van der Waals surface area contributed by atoms with E-state index in [0.717, 1.165) is 0 Å². The summed E-state index contributed by atoms with van der Waals surface area (Å²) in [5.41, 5.74) is 5.26. The lowest BCUT2D eigenvalue weighted by Gasteiger charge is -2.38. The number of aliphatic hydroxyl groups excluding tert-OH is 4. The van der Waals surface area contributed by atoms with Crippen molar-refractivity contribution in [2.75, 3.05) is 6.61 Å². The van der Waals surface area contributed by atoms with Gasteiger partial charge in [-0.25, -0.2) is 0 Å². The lowest BCUT2D eigenvalue weighted by atomic mass is 9.98. The van der Waals surface area contributed by atoms with E-state index in [4.69, 9.17) is 20.7 Å². The Morgan fingerprint density at radius 1 is 1.15 bits per heavy atom. The largest absolute Gasteiger partial charge is 0.394 e. The SMILES string of the molecule is I.NC1C(O)OC(CO)C(O)C1O. The van der Waals surface area contributed by atoms with Gasteiger partial charge in [-0.1, -0.05) is 0 Å². The van der Waals surface area contributed by atoms with Crippen LogP contribution in [0.25, 0.3) is 0 Å². The van der Waals surface area contributed by atoms with Crippen molar-refractivity contribution in [1.82, 2.24) is 0 Å². The Labute approximate surface area is 92.3 Å². The monoisotopic (exact) mass is 307 g/mol. The number of halogens is 1. The van der Waals surface area contributed by atoms with Crippen molar-refractivity contribution in [3.05, 3.63) is 0 Å². The molecular weight excluding hydrogens is 293 g/mol. The van der Waals surface area contributed by atoms with E-state index in [1.165, 1.54) is 0 Å². The van der Waals surface area contributed by atoms with Crippen LogP contribution in [-0.2, 0) is 4.74 Å². The fraction of sp³-hybridized carbons (Fsp3) is 1.00. The summed E-state index contributed by atoms with van der Waals surface area (Å²) in [5, 5.41) is 36.1. The fourth-order valence-corrected chi connectivity index (χ4v) is 1.12. The molecule has 0 aromatic carbocycles. The topological polar surface area (TPSA) is 116 Å². The number of nitrogens with two attached hydrogens (primary N) is 1. The van der Waals surface area contributed by atoms with Gasteiger partial charge >= 0.3 is 0 Å². The zero-order valence-corrected chi connectivity index (χ0v) is 9.11. The van der Waals surface area contributed by atoms with Gasteiger partial charge in [0.25, 0.3) is 0 Å². The van der Waals surface area contributed by atoms with Crippen molar-refractivity contribution < 1.29 is 25.2 Å². The zero-order chi connectivity index (χ0) is 9.30. The second kappa shape index (κ2) is 5.39. The van der Waals surface area contributed by atoms with Crippen LogP contribution in [-0.4, -0.2) is 57.7 Å². The molecule has 0 aliphatic carbocycles. The van der Waals surface area contributed by atoms with Gasteiger partial charge in [-0.2, -0.15) is 0 Å². The summed E-state index contributed by atoms with van der Waals surface area (Å²) in [4.78, 5) is 0. The predicted octanol–water partition coefficient (Wildman–Crippen LogP) is -2.64. The highest BCUT2D eigenvalue weighted by Crippen LogP contribution is 2.17. The minimum absolute atomic E-state index is 0. The van der Waals surface area contributed by atoms with E-state index >= 15 is 0 Å². The normalized spacial score (nSPS) is 45.5. The lowest BCUT2D eigenvalue weighted by Crippen LogP contribution is -2.61. The Bertz CT molecular complexity index is 155. The summed E-state index contributed by atoms with van der Waals surface area (Å²) in [7, 11) is 0. The molecule has 6 nitrogen and oxygen atoms in total. The van der Waals surface area contributed by atoms with Crippen molar-refractivity contribution in [1.29, 1.82) is 0 Å². The highest BCUT2D eigenvalue weighted by Gasteiger charge is 2.41.